The van der Waals surface area contributed by atoms with Crippen LogP contribution in [-0.2, 0) is 5.54 Å². The third-order valence-corrected chi connectivity index (χ3v) is 4.08. The quantitative estimate of drug-likeness (QED) is 0.816. The Kier molecular flexibility index (Phi) is 1.94. The molecule has 0 saturated heterocycles. The van der Waals surface area contributed by atoms with Gasteiger partial charge in [0.2, 0.25) is 0 Å². The van der Waals surface area contributed by atoms with E-state index in [9.17, 15) is 0 Å². The maximum atomic E-state index is 6.29. The van der Waals surface area contributed by atoms with Crippen LogP contribution in [0.3, 0.4) is 0 Å². The summed E-state index contributed by atoms with van der Waals surface area (Å²) in [6, 6.07) is 8.37. The smallest absolute Gasteiger partial charge is 0.0561 e. The Labute approximate surface area is 97.0 Å². The van der Waals surface area contributed by atoms with Crippen LogP contribution >= 0.6 is 15.9 Å². The van der Waals surface area contributed by atoms with Crippen molar-refractivity contribution in [3.63, 3.8) is 0 Å². The van der Waals surface area contributed by atoms with Gasteiger partial charge in [-0.25, -0.2) is 0 Å². The molecule has 0 amide bonds. The van der Waals surface area contributed by atoms with E-state index in [4.69, 9.17) is 5.73 Å². The van der Waals surface area contributed by atoms with Gasteiger partial charge < -0.3 is 10.7 Å². The molecule has 3 heteroatoms. The molecule has 2 aromatic rings. The molecule has 0 bridgehead atoms. The lowest BCUT2D eigenvalue weighted by Crippen LogP contribution is -2.43. The van der Waals surface area contributed by atoms with Gasteiger partial charge in [-0.2, -0.15) is 0 Å². The number of aromatic amines is 1. The van der Waals surface area contributed by atoms with Crippen LogP contribution in [0.1, 0.15) is 25.0 Å². The molecular formula is C12H13BrN2. The predicted octanol–water partition coefficient (Wildman–Crippen LogP) is 3.27. The molecule has 0 unspecified atom stereocenters. The SMILES string of the molecule is NC1(c2cc3c(Br)cccc3[nH]2)CCC1. The second-order valence-corrected chi connectivity index (χ2v) is 5.25. The Morgan fingerprint density at radius 1 is 1.33 bits per heavy atom. The van der Waals surface area contributed by atoms with Crippen molar-refractivity contribution in [3.05, 3.63) is 34.4 Å². The summed E-state index contributed by atoms with van der Waals surface area (Å²) in [5.41, 5.74) is 8.53. The van der Waals surface area contributed by atoms with Crippen LogP contribution in [0.4, 0.5) is 0 Å². The molecule has 1 fully saturated rings. The van der Waals surface area contributed by atoms with E-state index in [1.165, 1.54) is 17.5 Å². The number of rotatable bonds is 1. The second kappa shape index (κ2) is 3.09. The summed E-state index contributed by atoms with van der Waals surface area (Å²) in [6.45, 7) is 0. The summed E-state index contributed by atoms with van der Waals surface area (Å²) < 4.78 is 1.13. The van der Waals surface area contributed by atoms with E-state index in [0.29, 0.717) is 0 Å². The molecule has 1 aliphatic carbocycles. The van der Waals surface area contributed by atoms with E-state index >= 15 is 0 Å². The van der Waals surface area contributed by atoms with Crippen molar-refractivity contribution in [1.29, 1.82) is 0 Å². The van der Waals surface area contributed by atoms with Crippen molar-refractivity contribution in [3.8, 4) is 0 Å². The first-order valence-corrected chi connectivity index (χ1v) is 6.05. The lowest BCUT2D eigenvalue weighted by atomic mass is 9.75. The summed E-state index contributed by atoms with van der Waals surface area (Å²) in [4.78, 5) is 3.42. The predicted molar refractivity (Wildman–Crippen MR) is 65.7 cm³/mol. The lowest BCUT2D eigenvalue weighted by Gasteiger charge is -2.37. The number of fused-ring (bicyclic) bond motifs is 1. The highest BCUT2D eigenvalue weighted by atomic mass is 79.9. The van der Waals surface area contributed by atoms with Gasteiger partial charge in [0.1, 0.15) is 0 Å². The first kappa shape index (κ1) is 9.43. The number of hydrogen-bond donors (Lipinski definition) is 2. The summed E-state index contributed by atoms with van der Waals surface area (Å²) >= 11 is 3.56. The Bertz CT molecular complexity index is 511. The number of hydrogen-bond acceptors (Lipinski definition) is 1. The number of nitrogens with one attached hydrogen (secondary N) is 1. The summed E-state index contributed by atoms with van der Waals surface area (Å²) in [7, 11) is 0. The molecule has 3 N–H and O–H groups in total. The Balaban J connectivity index is 2.18. The third-order valence-electron chi connectivity index (χ3n) is 3.39. The van der Waals surface area contributed by atoms with Gasteiger partial charge in [0.15, 0.2) is 0 Å². The molecule has 15 heavy (non-hydrogen) atoms. The van der Waals surface area contributed by atoms with Crippen molar-refractivity contribution in [1.82, 2.24) is 4.98 Å². The molecule has 0 aliphatic heterocycles. The average Bonchev–Trinajstić information content (AvgIpc) is 2.59. The van der Waals surface area contributed by atoms with Gasteiger partial charge in [-0.1, -0.05) is 22.0 Å². The standard InChI is InChI=1S/C12H13BrN2/c13-9-3-1-4-10-8(9)7-11(15-10)12(14)5-2-6-12/h1,3-4,7,15H,2,5-6,14H2. The van der Waals surface area contributed by atoms with Crippen molar-refractivity contribution < 1.29 is 0 Å². The van der Waals surface area contributed by atoms with Crippen molar-refractivity contribution in [2.45, 2.75) is 24.8 Å². The molecule has 1 aromatic heterocycles. The van der Waals surface area contributed by atoms with E-state index in [1.54, 1.807) is 0 Å². The number of aromatic nitrogens is 1. The van der Waals surface area contributed by atoms with Crippen molar-refractivity contribution in [2.24, 2.45) is 5.73 Å². The van der Waals surface area contributed by atoms with Crippen LogP contribution in [0, 0.1) is 0 Å². The maximum absolute atomic E-state index is 6.29. The highest BCUT2D eigenvalue weighted by Crippen LogP contribution is 2.40. The molecular weight excluding hydrogens is 252 g/mol. The minimum Gasteiger partial charge on any atom is -0.357 e. The number of benzene rings is 1. The topological polar surface area (TPSA) is 41.8 Å². The normalized spacial score (nSPS) is 19.1. The van der Waals surface area contributed by atoms with Crippen LogP contribution in [0.25, 0.3) is 10.9 Å². The van der Waals surface area contributed by atoms with Crippen LogP contribution in [0.15, 0.2) is 28.7 Å². The molecule has 0 atom stereocenters. The van der Waals surface area contributed by atoms with E-state index in [2.05, 4.69) is 39.1 Å². The van der Waals surface area contributed by atoms with Crippen molar-refractivity contribution >= 4 is 26.8 Å². The van der Waals surface area contributed by atoms with E-state index in [0.717, 1.165) is 22.8 Å². The summed E-state index contributed by atoms with van der Waals surface area (Å²) in [6.07, 6.45) is 3.43. The highest BCUT2D eigenvalue weighted by molar-refractivity contribution is 9.10. The first-order valence-electron chi connectivity index (χ1n) is 5.26. The number of halogens is 1. The fourth-order valence-electron chi connectivity index (χ4n) is 2.21. The van der Waals surface area contributed by atoms with Crippen molar-refractivity contribution in [2.75, 3.05) is 0 Å². The van der Waals surface area contributed by atoms with Crippen LogP contribution in [0.5, 0.6) is 0 Å². The maximum Gasteiger partial charge on any atom is 0.0561 e. The monoisotopic (exact) mass is 264 g/mol. The molecule has 1 aromatic carbocycles. The average molecular weight is 265 g/mol. The Morgan fingerprint density at radius 3 is 2.73 bits per heavy atom. The minimum atomic E-state index is -0.0988. The Morgan fingerprint density at radius 2 is 2.13 bits per heavy atom. The molecule has 0 spiro atoms. The van der Waals surface area contributed by atoms with Crippen LogP contribution < -0.4 is 5.73 Å². The molecule has 1 heterocycles. The van der Waals surface area contributed by atoms with Gasteiger partial charge in [-0.3, -0.25) is 0 Å². The molecule has 1 aliphatic rings. The van der Waals surface area contributed by atoms with Crippen LogP contribution in [-0.4, -0.2) is 4.98 Å². The summed E-state index contributed by atoms with van der Waals surface area (Å²) in [5, 5.41) is 1.23. The first-order chi connectivity index (χ1) is 7.19. The lowest BCUT2D eigenvalue weighted by molar-refractivity contribution is 0.248. The molecule has 0 radical (unpaired) electrons. The zero-order chi connectivity index (χ0) is 10.5. The minimum absolute atomic E-state index is 0.0988. The molecule has 1 saturated carbocycles. The van der Waals surface area contributed by atoms with Gasteiger partial charge in [0, 0.05) is 21.1 Å². The largest absolute Gasteiger partial charge is 0.357 e. The van der Waals surface area contributed by atoms with Gasteiger partial charge >= 0.3 is 0 Å². The fraction of sp³-hybridized carbons (Fsp3) is 0.333. The van der Waals surface area contributed by atoms with Gasteiger partial charge in [-0.05, 0) is 37.5 Å². The van der Waals surface area contributed by atoms with E-state index in [-0.39, 0.29) is 5.54 Å². The number of nitrogens with two attached hydrogens (primary N) is 1. The van der Waals surface area contributed by atoms with Crippen LogP contribution in [0.2, 0.25) is 0 Å². The second-order valence-electron chi connectivity index (χ2n) is 4.39. The Hall–Kier alpha value is -0.800. The molecule has 2 nitrogen and oxygen atoms in total. The number of H-pyrrole nitrogens is 1. The van der Waals surface area contributed by atoms with E-state index < -0.39 is 0 Å². The highest BCUT2D eigenvalue weighted by Gasteiger charge is 2.35. The molecule has 78 valence electrons. The van der Waals surface area contributed by atoms with Gasteiger partial charge in [0.05, 0.1) is 5.54 Å². The fourth-order valence-corrected chi connectivity index (χ4v) is 2.69. The van der Waals surface area contributed by atoms with Gasteiger partial charge in [-0.15, -0.1) is 0 Å². The zero-order valence-electron chi connectivity index (χ0n) is 8.39. The van der Waals surface area contributed by atoms with Gasteiger partial charge in [0.25, 0.3) is 0 Å². The van der Waals surface area contributed by atoms with E-state index in [1.807, 2.05) is 6.07 Å². The summed E-state index contributed by atoms with van der Waals surface area (Å²) in [5.74, 6) is 0. The molecule has 3 rings (SSSR count). The zero-order valence-corrected chi connectivity index (χ0v) is 9.97. The third kappa shape index (κ3) is 1.34.